The summed E-state index contributed by atoms with van der Waals surface area (Å²) in [6.07, 6.45) is 9.66. The van der Waals surface area contributed by atoms with E-state index in [1.807, 2.05) is 12.4 Å². The molecule has 1 aliphatic rings. The average Bonchev–Trinajstić information content (AvgIpc) is 2.90. The van der Waals surface area contributed by atoms with Crippen LogP contribution in [0.2, 0.25) is 0 Å². The maximum Gasteiger partial charge on any atom is 0.109 e. The predicted molar refractivity (Wildman–Crippen MR) is 79.4 cm³/mol. The van der Waals surface area contributed by atoms with Crippen LogP contribution in [0.25, 0.3) is 0 Å². The third kappa shape index (κ3) is 2.75. The molecule has 0 bridgehead atoms. The van der Waals surface area contributed by atoms with Gasteiger partial charge in [0.2, 0.25) is 0 Å². The zero-order valence-electron chi connectivity index (χ0n) is 12.3. The summed E-state index contributed by atoms with van der Waals surface area (Å²) in [7, 11) is 0. The third-order valence-electron chi connectivity index (χ3n) is 4.12. The molecule has 20 heavy (non-hydrogen) atoms. The van der Waals surface area contributed by atoms with Crippen molar-refractivity contribution in [2.45, 2.75) is 52.2 Å². The Morgan fingerprint density at radius 2 is 2.30 bits per heavy atom. The van der Waals surface area contributed by atoms with Crippen LogP contribution in [0.15, 0.2) is 24.7 Å². The topological polar surface area (TPSA) is 42.7 Å². The number of nitrogens with zero attached hydrogens (tertiary/aromatic N) is 3. The van der Waals surface area contributed by atoms with Crippen molar-refractivity contribution in [2.24, 2.45) is 0 Å². The number of aromatic nitrogens is 3. The number of rotatable bonds is 4. The molecule has 0 aromatic carbocycles. The van der Waals surface area contributed by atoms with Gasteiger partial charge < -0.3 is 9.88 Å². The molecule has 0 saturated carbocycles. The lowest BCUT2D eigenvalue weighted by Crippen LogP contribution is -2.19. The van der Waals surface area contributed by atoms with Gasteiger partial charge >= 0.3 is 0 Å². The molecule has 3 heterocycles. The molecule has 106 valence electrons. The van der Waals surface area contributed by atoms with E-state index in [9.17, 15) is 0 Å². The Balaban J connectivity index is 1.66. The van der Waals surface area contributed by atoms with Gasteiger partial charge in [0.25, 0.3) is 0 Å². The first-order valence-corrected chi connectivity index (χ1v) is 7.43. The van der Waals surface area contributed by atoms with E-state index in [4.69, 9.17) is 4.98 Å². The van der Waals surface area contributed by atoms with Crippen LogP contribution in [0.3, 0.4) is 0 Å². The van der Waals surface area contributed by atoms with Crippen molar-refractivity contribution < 1.29 is 0 Å². The molecule has 4 nitrogen and oxygen atoms in total. The second-order valence-electron chi connectivity index (χ2n) is 5.64. The molecule has 0 spiro atoms. The number of pyridine rings is 1. The normalized spacial score (nSPS) is 15.9. The number of hydrogen-bond donors (Lipinski definition) is 1. The fraction of sp³-hybridized carbons (Fsp3) is 0.500. The van der Waals surface area contributed by atoms with Crippen molar-refractivity contribution in [3.63, 3.8) is 0 Å². The fourth-order valence-corrected chi connectivity index (χ4v) is 2.69. The summed E-state index contributed by atoms with van der Waals surface area (Å²) in [6, 6.07) is 2.32. The monoisotopic (exact) mass is 270 g/mol. The molecule has 2 aromatic heterocycles. The zero-order chi connectivity index (χ0) is 13.9. The van der Waals surface area contributed by atoms with E-state index >= 15 is 0 Å². The van der Waals surface area contributed by atoms with Gasteiger partial charge in [0.15, 0.2) is 0 Å². The quantitative estimate of drug-likeness (QED) is 0.929. The van der Waals surface area contributed by atoms with Crippen LogP contribution < -0.4 is 5.32 Å². The lowest BCUT2D eigenvalue weighted by Gasteiger charge is -2.12. The van der Waals surface area contributed by atoms with Gasteiger partial charge in [-0.05, 0) is 43.9 Å². The Morgan fingerprint density at radius 1 is 1.40 bits per heavy atom. The van der Waals surface area contributed by atoms with E-state index in [0.29, 0.717) is 0 Å². The van der Waals surface area contributed by atoms with Gasteiger partial charge in [-0.2, -0.15) is 0 Å². The minimum absolute atomic E-state index is 0.271. The third-order valence-corrected chi connectivity index (χ3v) is 4.12. The maximum absolute atomic E-state index is 4.77. The van der Waals surface area contributed by atoms with E-state index < -0.39 is 0 Å². The standard InChI is InChI=1S/C16H22N4/c1-12-6-7-17-9-14(12)10-18-13(2)15-11-20-8-4-3-5-16(20)19-15/h6-7,9,11,13,18H,3-5,8,10H2,1-2H3. The van der Waals surface area contributed by atoms with Gasteiger partial charge in [-0.1, -0.05) is 0 Å². The smallest absolute Gasteiger partial charge is 0.109 e. The van der Waals surface area contributed by atoms with E-state index in [1.165, 1.54) is 29.8 Å². The lowest BCUT2D eigenvalue weighted by atomic mass is 10.1. The number of aryl methyl sites for hydroxylation is 3. The van der Waals surface area contributed by atoms with Crippen molar-refractivity contribution in [2.75, 3.05) is 0 Å². The largest absolute Gasteiger partial charge is 0.335 e. The highest BCUT2D eigenvalue weighted by Gasteiger charge is 2.15. The summed E-state index contributed by atoms with van der Waals surface area (Å²) in [6.45, 7) is 6.26. The Bertz CT molecular complexity index is 564. The highest BCUT2D eigenvalue weighted by molar-refractivity contribution is 5.21. The molecule has 3 rings (SSSR count). The number of hydrogen-bond acceptors (Lipinski definition) is 3. The Hall–Kier alpha value is -1.68. The summed E-state index contributed by atoms with van der Waals surface area (Å²) < 4.78 is 2.31. The van der Waals surface area contributed by atoms with Crippen molar-refractivity contribution in [3.8, 4) is 0 Å². The maximum atomic E-state index is 4.77. The van der Waals surface area contributed by atoms with Gasteiger partial charge in [0.1, 0.15) is 5.82 Å². The molecule has 0 amide bonds. The van der Waals surface area contributed by atoms with E-state index in [-0.39, 0.29) is 6.04 Å². The SMILES string of the molecule is Cc1ccncc1CNC(C)c1cn2c(n1)CCCC2. The number of nitrogens with one attached hydrogen (secondary N) is 1. The van der Waals surface area contributed by atoms with Gasteiger partial charge in [0.05, 0.1) is 5.69 Å². The van der Waals surface area contributed by atoms with Crippen LogP contribution in [0.1, 0.15) is 48.5 Å². The van der Waals surface area contributed by atoms with Crippen LogP contribution in [-0.2, 0) is 19.5 Å². The highest BCUT2D eigenvalue weighted by Crippen LogP contribution is 2.19. The second kappa shape index (κ2) is 5.75. The summed E-state index contributed by atoms with van der Waals surface area (Å²) in [5.41, 5.74) is 3.69. The van der Waals surface area contributed by atoms with Gasteiger partial charge in [-0.25, -0.2) is 4.98 Å². The van der Waals surface area contributed by atoms with Gasteiger partial charge in [-0.3, -0.25) is 4.98 Å². The van der Waals surface area contributed by atoms with Crippen molar-refractivity contribution in [3.05, 3.63) is 47.3 Å². The minimum atomic E-state index is 0.271. The van der Waals surface area contributed by atoms with Gasteiger partial charge in [0, 0.05) is 44.1 Å². The number of fused-ring (bicyclic) bond motifs is 1. The van der Waals surface area contributed by atoms with E-state index in [2.05, 4.69) is 41.0 Å². The Labute approximate surface area is 120 Å². The van der Waals surface area contributed by atoms with Crippen LogP contribution >= 0.6 is 0 Å². The van der Waals surface area contributed by atoms with Crippen LogP contribution in [0.4, 0.5) is 0 Å². The predicted octanol–water partition coefficient (Wildman–Crippen LogP) is 2.77. The Kier molecular flexibility index (Phi) is 3.83. The van der Waals surface area contributed by atoms with Crippen LogP contribution in [0, 0.1) is 6.92 Å². The molecular formula is C16H22N4. The van der Waals surface area contributed by atoms with Crippen molar-refractivity contribution in [1.29, 1.82) is 0 Å². The highest BCUT2D eigenvalue weighted by atomic mass is 15.1. The minimum Gasteiger partial charge on any atom is -0.335 e. The number of imidazole rings is 1. The molecule has 1 aliphatic heterocycles. The first-order chi connectivity index (χ1) is 9.74. The molecule has 2 aromatic rings. The molecule has 0 saturated heterocycles. The fourth-order valence-electron chi connectivity index (χ4n) is 2.69. The summed E-state index contributed by atoms with van der Waals surface area (Å²) in [5, 5.41) is 3.55. The molecule has 1 unspecified atom stereocenters. The molecule has 0 fully saturated rings. The second-order valence-corrected chi connectivity index (χ2v) is 5.64. The zero-order valence-corrected chi connectivity index (χ0v) is 12.3. The molecular weight excluding hydrogens is 248 g/mol. The van der Waals surface area contributed by atoms with E-state index in [0.717, 1.165) is 25.2 Å². The first-order valence-electron chi connectivity index (χ1n) is 7.43. The Morgan fingerprint density at radius 3 is 3.10 bits per heavy atom. The summed E-state index contributed by atoms with van der Waals surface area (Å²) in [4.78, 5) is 8.96. The van der Waals surface area contributed by atoms with Crippen LogP contribution in [0.5, 0.6) is 0 Å². The molecule has 0 radical (unpaired) electrons. The summed E-state index contributed by atoms with van der Waals surface area (Å²) >= 11 is 0. The molecule has 0 aliphatic carbocycles. The molecule has 4 heteroatoms. The van der Waals surface area contributed by atoms with Crippen LogP contribution in [-0.4, -0.2) is 14.5 Å². The lowest BCUT2D eigenvalue weighted by molar-refractivity contribution is 0.522. The molecule has 1 atom stereocenters. The molecule has 1 N–H and O–H groups in total. The van der Waals surface area contributed by atoms with E-state index in [1.54, 1.807) is 0 Å². The van der Waals surface area contributed by atoms with Crippen molar-refractivity contribution in [1.82, 2.24) is 19.9 Å². The average molecular weight is 270 g/mol. The summed E-state index contributed by atoms with van der Waals surface area (Å²) in [5.74, 6) is 1.25. The van der Waals surface area contributed by atoms with Crippen molar-refractivity contribution >= 4 is 0 Å². The first kappa shape index (κ1) is 13.3. The van der Waals surface area contributed by atoms with Gasteiger partial charge in [-0.15, -0.1) is 0 Å².